The van der Waals surface area contributed by atoms with E-state index in [0.717, 1.165) is 22.9 Å². The highest BCUT2D eigenvalue weighted by atomic mass is 79.9. The summed E-state index contributed by atoms with van der Waals surface area (Å²) in [6.07, 6.45) is 2.11. The number of hydrogen-bond donors (Lipinski definition) is 1. The first-order chi connectivity index (χ1) is 7.95. The lowest BCUT2D eigenvalue weighted by Crippen LogP contribution is -2.07. The lowest BCUT2D eigenvalue weighted by molar-refractivity contribution is -0.137. The molecule has 94 valence electrons. The van der Waals surface area contributed by atoms with Gasteiger partial charge in [-0.2, -0.15) is 0 Å². The lowest BCUT2D eigenvalue weighted by Gasteiger charge is -2.18. The van der Waals surface area contributed by atoms with Gasteiger partial charge in [0.1, 0.15) is 0 Å². The van der Waals surface area contributed by atoms with E-state index in [2.05, 4.69) is 48.8 Å². The molecule has 3 heteroatoms. The minimum Gasteiger partial charge on any atom is -0.481 e. The van der Waals surface area contributed by atoms with Crippen LogP contribution in [0.15, 0.2) is 16.6 Å². The fraction of sp³-hybridized carbons (Fsp3) is 0.500. The number of carboxylic acid groups (broad SMARTS) is 1. The minimum atomic E-state index is -0.728. The zero-order valence-corrected chi connectivity index (χ0v) is 12.2. The van der Waals surface area contributed by atoms with Crippen molar-refractivity contribution >= 4 is 21.9 Å². The second-order valence-corrected chi connectivity index (χ2v) is 5.40. The van der Waals surface area contributed by atoms with Crippen LogP contribution in [0.3, 0.4) is 0 Å². The molecule has 0 aliphatic rings. The molecular formula is C14H19BrO2. The Morgan fingerprint density at radius 2 is 1.94 bits per heavy atom. The first kappa shape index (κ1) is 14.2. The summed E-state index contributed by atoms with van der Waals surface area (Å²) in [6, 6.07) is 4.19. The quantitative estimate of drug-likeness (QED) is 0.873. The topological polar surface area (TPSA) is 37.3 Å². The van der Waals surface area contributed by atoms with Gasteiger partial charge in [-0.1, -0.05) is 35.3 Å². The second-order valence-electron chi connectivity index (χ2n) is 4.54. The van der Waals surface area contributed by atoms with Gasteiger partial charge in [0.15, 0.2) is 0 Å². The van der Waals surface area contributed by atoms with E-state index in [4.69, 9.17) is 5.11 Å². The molecule has 17 heavy (non-hydrogen) atoms. The predicted octanol–water partition coefficient (Wildman–Crippen LogP) is 4.42. The molecule has 1 aromatic carbocycles. The molecule has 0 heterocycles. The van der Waals surface area contributed by atoms with E-state index in [1.807, 2.05) is 0 Å². The number of rotatable bonds is 5. The summed E-state index contributed by atoms with van der Waals surface area (Å²) >= 11 is 3.55. The molecule has 1 unspecified atom stereocenters. The van der Waals surface area contributed by atoms with Crippen LogP contribution in [0.4, 0.5) is 0 Å². The normalized spacial score (nSPS) is 12.5. The summed E-state index contributed by atoms with van der Waals surface area (Å²) < 4.78 is 1.03. The van der Waals surface area contributed by atoms with Crippen molar-refractivity contribution < 1.29 is 9.90 Å². The van der Waals surface area contributed by atoms with E-state index in [0.29, 0.717) is 0 Å². The molecular weight excluding hydrogens is 280 g/mol. The molecule has 1 aromatic rings. The van der Waals surface area contributed by atoms with Gasteiger partial charge in [0.05, 0.1) is 6.42 Å². The Labute approximate surface area is 111 Å². The van der Waals surface area contributed by atoms with Crippen molar-refractivity contribution in [3.8, 4) is 0 Å². The van der Waals surface area contributed by atoms with E-state index in [1.54, 1.807) is 0 Å². The van der Waals surface area contributed by atoms with Gasteiger partial charge < -0.3 is 5.11 Å². The maximum atomic E-state index is 10.9. The van der Waals surface area contributed by atoms with Gasteiger partial charge in [-0.05, 0) is 48.9 Å². The van der Waals surface area contributed by atoms with Gasteiger partial charge in [0, 0.05) is 4.47 Å². The van der Waals surface area contributed by atoms with Crippen molar-refractivity contribution in [3.63, 3.8) is 0 Å². The van der Waals surface area contributed by atoms with Crippen LogP contribution in [0.1, 0.15) is 48.8 Å². The molecule has 1 atom stereocenters. The highest BCUT2D eigenvalue weighted by Gasteiger charge is 2.18. The molecule has 0 saturated carbocycles. The van der Waals surface area contributed by atoms with Crippen LogP contribution in [-0.2, 0) is 4.79 Å². The third-order valence-corrected chi connectivity index (χ3v) is 3.80. The van der Waals surface area contributed by atoms with Crippen molar-refractivity contribution in [2.24, 2.45) is 0 Å². The Morgan fingerprint density at radius 3 is 2.47 bits per heavy atom. The van der Waals surface area contributed by atoms with Crippen LogP contribution in [0, 0.1) is 13.8 Å². The van der Waals surface area contributed by atoms with Crippen LogP contribution in [-0.4, -0.2) is 11.1 Å². The summed E-state index contributed by atoms with van der Waals surface area (Å²) in [5.74, 6) is -0.625. The maximum Gasteiger partial charge on any atom is 0.303 e. The van der Waals surface area contributed by atoms with Crippen molar-refractivity contribution in [1.29, 1.82) is 0 Å². The highest BCUT2D eigenvalue weighted by Crippen LogP contribution is 2.33. The standard InChI is InChI=1S/C14H19BrO2/c1-4-5-11(8-14(16)17)12-6-9(2)10(3)7-13(12)15/h6-7,11H,4-5,8H2,1-3H3,(H,16,17). The maximum absolute atomic E-state index is 10.9. The van der Waals surface area contributed by atoms with Gasteiger partial charge >= 0.3 is 5.97 Å². The Morgan fingerprint density at radius 1 is 1.35 bits per heavy atom. The van der Waals surface area contributed by atoms with Gasteiger partial charge in [0.2, 0.25) is 0 Å². The predicted molar refractivity (Wildman–Crippen MR) is 73.5 cm³/mol. The van der Waals surface area contributed by atoms with Gasteiger partial charge in [0.25, 0.3) is 0 Å². The number of aliphatic carboxylic acids is 1. The van der Waals surface area contributed by atoms with Gasteiger partial charge in [-0.25, -0.2) is 0 Å². The van der Waals surface area contributed by atoms with Crippen LogP contribution in [0.2, 0.25) is 0 Å². The zero-order valence-electron chi connectivity index (χ0n) is 10.6. The molecule has 0 aromatic heterocycles. The summed E-state index contributed by atoms with van der Waals surface area (Å²) in [5, 5.41) is 8.97. The molecule has 0 aliphatic heterocycles. The average molecular weight is 299 g/mol. The molecule has 1 N–H and O–H groups in total. The zero-order chi connectivity index (χ0) is 13.0. The monoisotopic (exact) mass is 298 g/mol. The largest absolute Gasteiger partial charge is 0.481 e. The van der Waals surface area contributed by atoms with Crippen LogP contribution in [0.25, 0.3) is 0 Å². The lowest BCUT2D eigenvalue weighted by atomic mass is 9.89. The highest BCUT2D eigenvalue weighted by molar-refractivity contribution is 9.10. The number of carbonyl (C=O) groups is 1. The Balaban J connectivity index is 3.08. The van der Waals surface area contributed by atoms with E-state index in [1.165, 1.54) is 11.1 Å². The fourth-order valence-corrected chi connectivity index (χ4v) is 2.82. The minimum absolute atomic E-state index is 0.103. The molecule has 0 aliphatic carbocycles. The molecule has 0 fully saturated rings. The molecule has 0 radical (unpaired) electrons. The molecule has 0 amide bonds. The van der Waals surface area contributed by atoms with Crippen molar-refractivity contribution in [3.05, 3.63) is 33.3 Å². The Kier molecular flexibility index (Phi) is 5.19. The summed E-state index contributed by atoms with van der Waals surface area (Å²) in [5.41, 5.74) is 3.57. The molecule has 0 bridgehead atoms. The van der Waals surface area contributed by atoms with Crippen molar-refractivity contribution in [1.82, 2.24) is 0 Å². The SMILES string of the molecule is CCCC(CC(=O)O)c1cc(C)c(C)cc1Br. The van der Waals surface area contributed by atoms with Crippen LogP contribution < -0.4 is 0 Å². The molecule has 0 saturated heterocycles. The summed E-state index contributed by atoms with van der Waals surface area (Å²) in [4.78, 5) is 10.9. The number of halogens is 1. The third kappa shape index (κ3) is 3.84. The second kappa shape index (κ2) is 6.20. The summed E-state index contributed by atoms with van der Waals surface area (Å²) in [6.45, 7) is 6.22. The molecule has 1 rings (SSSR count). The van der Waals surface area contributed by atoms with Crippen LogP contribution in [0.5, 0.6) is 0 Å². The fourth-order valence-electron chi connectivity index (χ4n) is 2.04. The third-order valence-electron chi connectivity index (χ3n) is 3.11. The van der Waals surface area contributed by atoms with Crippen molar-refractivity contribution in [2.45, 2.75) is 46.0 Å². The smallest absolute Gasteiger partial charge is 0.303 e. The van der Waals surface area contributed by atoms with E-state index in [9.17, 15) is 4.79 Å². The van der Waals surface area contributed by atoms with Crippen LogP contribution >= 0.6 is 15.9 Å². The summed E-state index contributed by atoms with van der Waals surface area (Å²) in [7, 11) is 0. The molecule has 2 nitrogen and oxygen atoms in total. The van der Waals surface area contributed by atoms with Gasteiger partial charge in [-0.15, -0.1) is 0 Å². The van der Waals surface area contributed by atoms with Gasteiger partial charge in [-0.3, -0.25) is 4.79 Å². The van der Waals surface area contributed by atoms with E-state index >= 15 is 0 Å². The number of aryl methyl sites for hydroxylation is 2. The first-order valence-corrected chi connectivity index (χ1v) is 6.73. The van der Waals surface area contributed by atoms with Crippen molar-refractivity contribution in [2.75, 3.05) is 0 Å². The number of benzene rings is 1. The van der Waals surface area contributed by atoms with E-state index < -0.39 is 5.97 Å². The first-order valence-electron chi connectivity index (χ1n) is 5.94. The average Bonchev–Trinajstić information content (AvgIpc) is 2.22. The number of hydrogen-bond acceptors (Lipinski definition) is 1. The van der Waals surface area contributed by atoms with E-state index in [-0.39, 0.29) is 12.3 Å². The Bertz CT molecular complexity index is 413. The molecule has 0 spiro atoms. The number of carboxylic acids is 1. The Hall–Kier alpha value is -0.830.